The van der Waals surface area contributed by atoms with Crippen LogP contribution in [0.2, 0.25) is 0 Å². The van der Waals surface area contributed by atoms with Gasteiger partial charge in [0.15, 0.2) is 5.88 Å². The maximum Gasteiger partial charge on any atom is 0.361 e. The van der Waals surface area contributed by atoms with Crippen LogP contribution in [0.4, 0.5) is 11.4 Å². The van der Waals surface area contributed by atoms with Gasteiger partial charge in [0.2, 0.25) is 10.0 Å². The van der Waals surface area contributed by atoms with Crippen molar-refractivity contribution >= 4 is 50.9 Å². The Morgan fingerprint density at radius 2 is 1.68 bits per heavy atom. The van der Waals surface area contributed by atoms with Gasteiger partial charge in [-0.05, 0) is 56.3 Å². The van der Waals surface area contributed by atoms with E-state index in [2.05, 4.69) is 4.98 Å². The Kier molecular flexibility index (Phi) is 9.12. The second kappa shape index (κ2) is 12.4. The lowest BCUT2D eigenvalue weighted by atomic mass is 10.0. The summed E-state index contributed by atoms with van der Waals surface area (Å²) in [5.74, 6) is -0.111. The molecule has 0 aliphatic carbocycles. The number of hydrogen-bond acceptors (Lipinski definition) is 8. The molecule has 0 atom stereocenters. The van der Waals surface area contributed by atoms with Crippen LogP contribution in [-0.4, -0.2) is 56.8 Å². The van der Waals surface area contributed by atoms with E-state index in [1.165, 1.54) is 4.31 Å². The Morgan fingerprint density at radius 3 is 2.25 bits per heavy atom. The van der Waals surface area contributed by atoms with Crippen molar-refractivity contribution in [3.63, 3.8) is 0 Å². The highest BCUT2D eigenvalue weighted by Crippen LogP contribution is 2.47. The normalized spacial score (nSPS) is 12.7. The van der Waals surface area contributed by atoms with Crippen LogP contribution >= 0.6 is 7.60 Å². The van der Waals surface area contributed by atoms with Crippen LogP contribution in [0, 0.1) is 0 Å². The van der Waals surface area contributed by atoms with E-state index in [0.29, 0.717) is 38.9 Å². The first kappa shape index (κ1) is 29.5. The van der Waals surface area contributed by atoms with Gasteiger partial charge >= 0.3 is 7.60 Å². The second-order valence-corrected chi connectivity index (χ2v) is 12.8. The van der Waals surface area contributed by atoms with Crippen molar-refractivity contribution in [2.45, 2.75) is 13.8 Å². The van der Waals surface area contributed by atoms with Crippen molar-refractivity contribution in [3.8, 4) is 5.88 Å². The topological polar surface area (TPSA) is 147 Å². The maximum atomic E-state index is 13.5. The van der Waals surface area contributed by atoms with Gasteiger partial charge in [0, 0.05) is 29.6 Å². The first-order valence-corrected chi connectivity index (χ1v) is 16.2. The number of hydrogen-bond donors (Lipinski definition) is 3. The number of nitrogens with one attached hydrogen (secondary N) is 1. The third-order valence-electron chi connectivity index (χ3n) is 6.07. The third-order valence-corrected chi connectivity index (χ3v) is 9.37. The highest BCUT2D eigenvalue weighted by atomic mass is 32.2. The number of nitrogens with zero attached hydrogens (tertiary/aromatic N) is 2. The molecule has 212 valence electrons. The molecule has 1 heterocycles. The third kappa shape index (κ3) is 6.29. The van der Waals surface area contributed by atoms with Crippen LogP contribution in [0.15, 0.2) is 77.8 Å². The molecule has 0 unspecified atom stereocenters. The van der Waals surface area contributed by atoms with Gasteiger partial charge in [0.25, 0.3) is 0 Å². The highest BCUT2D eigenvalue weighted by Gasteiger charge is 2.28. The van der Waals surface area contributed by atoms with Crippen molar-refractivity contribution in [2.24, 2.45) is 10.7 Å². The molecule has 0 spiro atoms. The van der Waals surface area contributed by atoms with E-state index in [9.17, 15) is 18.1 Å². The van der Waals surface area contributed by atoms with Gasteiger partial charge in [-0.3, -0.25) is 8.87 Å². The average molecular weight is 585 g/mol. The molecule has 1 aromatic heterocycles. The minimum atomic E-state index is -3.59. The maximum absolute atomic E-state index is 13.5. The van der Waals surface area contributed by atoms with E-state index < -0.39 is 17.6 Å². The SMILES string of the molecule is CCOP(=O)(OCC)c1ccc2[nH]c(O)c(C(=Nc3ccc(N(CCN)S(C)(=O)=O)cc3)c3ccccc3)c2c1. The number of aromatic amines is 1. The Hall–Kier alpha value is -3.47. The summed E-state index contributed by atoms with van der Waals surface area (Å²) in [4.78, 5) is 7.85. The molecule has 0 bridgehead atoms. The fourth-order valence-electron chi connectivity index (χ4n) is 4.39. The van der Waals surface area contributed by atoms with E-state index in [0.717, 1.165) is 11.8 Å². The molecule has 0 amide bonds. The minimum absolute atomic E-state index is 0.111. The second-order valence-electron chi connectivity index (χ2n) is 8.88. The average Bonchev–Trinajstić information content (AvgIpc) is 3.25. The van der Waals surface area contributed by atoms with Crippen LogP contribution in [0.5, 0.6) is 5.88 Å². The van der Waals surface area contributed by atoms with Crippen LogP contribution in [-0.2, 0) is 23.6 Å². The lowest BCUT2D eigenvalue weighted by Gasteiger charge is -2.21. The van der Waals surface area contributed by atoms with Crippen molar-refractivity contribution in [3.05, 3.63) is 83.9 Å². The summed E-state index contributed by atoms with van der Waals surface area (Å²) in [5.41, 5.74) is 8.83. The number of aromatic hydroxyl groups is 1. The minimum Gasteiger partial charge on any atom is -0.494 e. The number of fused-ring (bicyclic) bond motifs is 1. The van der Waals surface area contributed by atoms with Crippen LogP contribution in [0.25, 0.3) is 10.9 Å². The number of nitrogens with two attached hydrogens (primary N) is 1. The molecule has 0 saturated carbocycles. The Balaban J connectivity index is 1.88. The number of sulfonamides is 1. The smallest absolute Gasteiger partial charge is 0.361 e. The van der Waals surface area contributed by atoms with Gasteiger partial charge in [0.05, 0.1) is 47.4 Å². The van der Waals surface area contributed by atoms with E-state index in [4.69, 9.17) is 19.8 Å². The van der Waals surface area contributed by atoms with E-state index >= 15 is 0 Å². The first-order valence-electron chi connectivity index (χ1n) is 12.8. The monoisotopic (exact) mass is 584 g/mol. The summed E-state index contributed by atoms with van der Waals surface area (Å²) in [6.07, 6.45) is 1.13. The molecule has 4 aromatic rings. The molecule has 0 aliphatic rings. The summed E-state index contributed by atoms with van der Waals surface area (Å²) < 4.78 is 50.3. The molecule has 10 nitrogen and oxygen atoms in total. The van der Waals surface area contributed by atoms with Crippen LogP contribution < -0.4 is 15.3 Å². The van der Waals surface area contributed by atoms with E-state index in [-0.39, 0.29) is 32.2 Å². The fourth-order valence-corrected chi connectivity index (χ4v) is 6.93. The Bertz CT molecular complexity index is 1640. The van der Waals surface area contributed by atoms with Gasteiger partial charge in [0.1, 0.15) is 0 Å². The molecular weight excluding hydrogens is 551 g/mol. The summed E-state index contributed by atoms with van der Waals surface area (Å²) in [6, 6.07) is 21.1. The molecule has 0 radical (unpaired) electrons. The fraction of sp³-hybridized carbons (Fsp3) is 0.250. The lowest BCUT2D eigenvalue weighted by Crippen LogP contribution is -2.34. The predicted octanol–water partition coefficient (Wildman–Crippen LogP) is 4.66. The van der Waals surface area contributed by atoms with Crippen molar-refractivity contribution < 1.29 is 27.1 Å². The predicted molar refractivity (Wildman–Crippen MR) is 160 cm³/mol. The van der Waals surface area contributed by atoms with Crippen molar-refractivity contribution in [1.82, 2.24) is 4.98 Å². The van der Waals surface area contributed by atoms with Gasteiger partial charge in [-0.2, -0.15) is 0 Å². The molecule has 0 fully saturated rings. The van der Waals surface area contributed by atoms with Crippen molar-refractivity contribution in [1.29, 1.82) is 0 Å². The summed E-state index contributed by atoms with van der Waals surface area (Å²) >= 11 is 0. The summed E-state index contributed by atoms with van der Waals surface area (Å²) in [7, 11) is -7.10. The van der Waals surface area contributed by atoms with Crippen LogP contribution in [0.3, 0.4) is 0 Å². The van der Waals surface area contributed by atoms with Gasteiger partial charge in [-0.1, -0.05) is 30.3 Å². The number of benzene rings is 3. The summed E-state index contributed by atoms with van der Waals surface area (Å²) in [6.45, 7) is 4.22. The zero-order valence-electron chi connectivity index (χ0n) is 22.6. The Labute approximate surface area is 234 Å². The molecule has 12 heteroatoms. The molecule has 4 rings (SSSR count). The number of rotatable bonds is 12. The molecular formula is C28H33N4O6PS. The molecule has 4 N–H and O–H groups in total. The van der Waals surface area contributed by atoms with Gasteiger partial charge < -0.3 is 24.9 Å². The standard InChI is InChI=1S/C28H33N4O6PS/c1-4-37-39(34,38-5-2)23-15-16-25-24(19-23)26(28(33)31-25)27(20-9-7-6-8-10-20)30-21-11-13-22(14-12-21)32(18-17-29)40(3,35)36/h6-16,19,31,33H,4-5,17-18,29H2,1-3H3. The van der Waals surface area contributed by atoms with E-state index in [1.54, 1.807) is 56.3 Å². The molecule has 0 saturated heterocycles. The van der Waals surface area contributed by atoms with Crippen molar-refractivity contribution in [2.75, 3.05) is 36.9 Å². The first-order chi connectivity index (χ1) is 19.1. The highest BCUT2D eigenvalue weighted by molar-refractivity contribution is 7.92. The van der Waals surface area contributed by atoms with Gasteiger partial charge in [-0.15, -0.1) is 0 Å². The molecule has 40 heavy (non-hydrogen) atoms. The number of aromatic nitrogens is 1. The lowest BCUT2D eigenvalue weighted by molar-refractivity contribution is 0.230. The van der Waals surface area contributed by atoms with Crippen LogP contribution in [0.1, 0.15) is 25.0 Å². The van der Waals surface area contributed by atoms with Gasteiger partial charge in [-0.25, -0.2) is 13.4 Å². The zero-order valence-corrected chi connectivity index (χ0v) is 24.3. The molecule has 3 aromatic carbocycles. The zero-order chi connectivity index (χ0) is 28.9. The number of H-pyrrole nitrogens is 1. The Morgan fingerprint density at radius 1 is 1.02 bits per heavy atom. The molecule has 0 aliphatic heterocycles. The summed E-state index contributed by atoms with van der Waals surface area (Å²) in [5, 5.41) is 12.0. The quantitative estimate of drug-likeness (QED) is 0.162. The number of anilines is 1. The van der Waals surface area contributed by atoms with E-state index in [1.807, 2.05) is 30.3 Å². The largest absolute Gasteiger partial charge is 0.494 e. The number of aliphatic imine (C=N–C) groups is 1.